The second-order valence-corrected chi connectivity index (χ2v) is 5.58. The van der Waals surface area contributed by atoms with Gasteiger partial charge >= 0.3 is 0 Å². The Morgan fingerprint density at radius 1 is 1.55 bits per heavy atom. The number of nitrogens with one attached hydrogen (secondary N) is 2. The van der Waals surface area contributed by atoms with Gasteiger partial charge in [0.25, 0.3) is 0 Å². The van der Waals surface area contributed by atoms with E-state index in [9.17, 15) is 9.59 Å². The second kappa shape index (κ2) is 5.76. The maximum absolute atomic E-state index is 12.1. The molecule has 0 saturated heterocycles. The number of hydrogen-bond acceptors (Lipinski definition) is 4. The molecule has 1 aromatic carbocycles. The highest BCUT2D eigenvalue weighted by molar-refractivity contribution is 6.31. The predicted molar refractivity (Wildman–Crippen MR) is 81.6 cm³/mol. The van der Waals surface area contributed by atoms with Crippen molar-refractivity contribution < 1.29 is 9.59 Å². The van der Waals surface area contributed by atoms with Crippen LogP contribution >= 0.6 is 11.6 Å². The largest absolute Gasteiger partial charge is 0.326 e. The van der Waals surface area contributed by atoms with Crippen LogP contribution in [0.4, 0.5) is 11.6 Å². The van der Waals surface area contributed by atoms with Gasteiger partial charge in [0.1, 0.15) is 6.33 Å². The molecule has 0 saturated carbocycles. The average Bonchev–Trinajstić information content (AvgIpc) is 2.90. The van der Waals surface area contributed by atoms with Crippen molar-refractivity contribution >= 4 is 35.1 Å². The first-order valence-corrected chi connectivity index (χ1v) is 7.15. The van der Waals surface area contributed by atoms with E-state index in [-0.39, 0.29) is 18.2 Å². The SMILES string of the molecule is Cc1ccc(NC(=O)C[C@H]2Cn3ncnc3NC2=O)cc1Cl. The molecule has 1 aliphatic rings. The van der Waals surface area contributed by atoms with E-state index < -0.39 is 5.92 Å². The molecule has 8 heteroatoms. The summed E-state index contributed by atoms with van der Waals surface area (Å²) in [6.07, 6.45) is 1.43. The molecule has 1 atom stereocenters. The van der Waals surface area contributed by atoms with Gasteiger partial charge in [-0.25, -0.2) is 4.68 Å². The third-order valence-corrected chi connectivity index (χ3v) is 3.91. The summed E-state index contributed by atoms with van der Waals surface area (Å²) in [7, 11) is 0. The normalized spacial score (nSPS) is 16.8. The van der Waals surface area contributed by atoms with E-state index in [1.165, 1.54) is 6.33 Å². The highest BCUT2D eigenvalue weighted by atomic mass is 35.5. The van der Waals surface area contributed by atoms with Crippen LogP contribution in [0.25, 0.3) is 0 Å². The smallest absolute Gasteiger partial charge is 0.232 e. The molecule has 2 aromatic rings. The number of halogens is 1. The minimum atomic E-state index is -0.477. The topological polar surface area (TPSA) is 88.9 Å². The first-order chi connectivity index (χ1) is 10.5. The summed E-state index contributed by atoms with van der Waals surface area (Å²) in [4.78, 5) is 28.0. The molecule has 0 fully saturated rings. The number of fused-ring (bicyclic) bond motifs is 1. The zero-order valence-corrected chi connectivity index (χ0v) is 12.6. The zero-order valence-electron chi connectivity index (χ0n) is 11.8. The van der Waals surface area contributed by atoms with Gasteiger partial charge in [0, 0.05) is 17.1 Å². The Balaban J connectivity index is 1.64. The van der Waals surface area contributed by atoms with Gasteiger partial charge in [0.15, 0.2) is 0 Å². The van der Waals surface area contributed by atoms with Crippen molar-refractivity contribution in [2.75, 3.05) is 10.6 Å². The summed E-state index contributed by atoms with van der Waals surface area (Å²) in [5.41, 5.74) is 1.54. The van der Waals surface area contributed by atoms with E-state index in [1.54, 1.807) is 16.8 Å². The molecule has 0 radical (unpaired) electrons. The lowest BCUT2D eigenvalue weighted by Crippen LogP contribution is -2.36. The lowest BCUT2D eigenvalue weighted by Gasteiger charge is -2.21. The summed E-state index contributed by atoms with van der Waals surface area (Å²) < 4.78 is 1.57. The maximum Gasteiger partial charge on any atom is 0.232 e. The van der Waals surface area contributed by atoms with E-state index in [0.717, 1.165) is 5.56 Å². The van der Waals surface area contributed by atoms with Gasteiger partial charge in [0.2, 0.25) is 17.8 Å². The summed E-state index contributed by atoms with van der Waals surface area (Å²) in [5.74, 6) is -0.539. The molecule has 1 aliphatic heterocycles. The van der Waals surface area contributed by atoms with Gasteiger partial charge in [-0.05, 0) is 24.6 Å². The summed E-state index contributed by atoms with van der Waals surface area (Å²) in [6.45, 7) is 2.22. The number of aromatic nitrogens is 3. The minimum absolute atomic E-state index is 0.0661. The molecule has 0 aliphatic carbocycles. The molecule has 1 aromatic heterocycles. The molecule has 7 nitrogen and oxygen atoms in total. The van der Waals surface area contributed by atoms with Crippen LogP contribution in [-0.4, -0.2) is 26.6 Å². The number of carbonyl (C=O) groups is 2. The highest BCUT2D eigenvalue weighted by Gasteiger charge is 2.29. The van der Waals surface area contributed by atoms with Gasteiger partial charge in [0.05, 0.1) is 12.5 Å². The maximum atomic E-state index is 12.1. The Morgan fingerprint density at radius 2 is 2.36 bits per heavy atom. The summed E-state index contributed by atoms with van der Waals surface area (Å²) in [5, 5.41) is 9.95. The Hall–Kier alpha value is -2.41. The molecule has 22 heavy (non-hydrogen) atoms. The van der Waals surface area contributed by atoms with E-state index in [1.807, 2.05) is 13.0 Å². The minimum Gasteiger partial charge on any atom is -0.326 e. The number of carbonyl (C=O) groups excluding carboxylic acids is 2. The summed E-state index contributed by atoms with van der Waals surface area (Å²) in [6, 6.07) is 5.29. The lowest BCUT2D eigenvalue weighted by molar-refractivity contribution is -0.125. The van der Waals surface area contributed by atoms with Crippen LogP contribution in [0.1, 0.15) is 12.0 Å². The van der Waals surface area contributed by atoms with Crippen LogP contribution in [-0.2, 0) is 16.1 Å². The number of nitrogens with zero attached hydrogens (tertiary/aromatic N) is 3. The average molecular weight is 320 g/mol. The first kappa shape index (κ1) is 14.5. The molecule has 2 N–H and O–H groups in total. The van der Waals surface area contributed by atoms with Crippen molar-refractivity contribution in [3.8, 4) is 0 Å². The summed E-state index contributed by atoms with van der Waals surface area (Å²) >= 11 is 6.02. The standard InChI is InChI=1S/C14H14ClN5O2/c1-8-2-3-10(5-11(8)15)18-12(21)4-9-6-20-14(16-7-17-20)19-13(9)22/h2-3,5,7,9H,4,6H2,1H3,(H,18,21)(H,16,17,19,22)/t9-/m0/s1. The molecule has 0 bridgehead atoms. The fourth-order valence-corrected chi connectivity index (χ4v) is 2.44. The molecular formula is C14H14ClN5O2. The molecule has 0 spiro atoms. The van der Waals surface area contributed by atoms with Crippen molar-refractivity contribution in [3.05, 3.63) is 35.1 Å². The van der Waals surface area contributed by atoms with E-state index in [2.05, 4.69) is 20.7 Å². The van der Waals surface area contributed by atoms with Gasteiger partial charge in [-0.2, -0.15) is 10.1 Å². The van der Waals surface area contributed by atoms with Crippen LogP contribution in [0.5, 0.6) is 0 Å². The number of hydrogen-bond donors (Lipinski definition) is 2. The fourth-order valence-electron chi connectivity index (χ4n) is 2.26. The second-order valence-electron chi connectivity index (χ2n) is 5.17. The van der Waals surface area contributed by atoms with E-state index in [0.29, 0.717) is 23.2 Å². The van der Waals surface area contributed by atoms with Gasteiger partial charge in [-0.15, -0.1) is 0 Å². The quantitative estimate of drug-likeness (QED) is 0.903. The number of aryl methyl sites for hydroxylation is 1. The van der Waals surface area contributed by atoms with Crippen molar-refractivity contribution in [2.24, 2.45) is 5.92 Å². The third kappa shape index (κ3) is 2.94. The number of amides is 2. The van der Waals surface area contributed by atoms with E-state index in [4.69, 9.17) is 11.6 Å². The molecular weight excluding hydrogens is 306 g/mol. The molecule has 2 amide bonds. The van der Waals surface area contributed by atoms with Crippen LogP contribution in [0, 0.1) is 12.8 Å². The number of rotatable bonds is 3. The van der Waals surface area contributed by atoms with Crippen molar-refractivity contribution in [3.63, 3.8) is 0 Å². The number of benzene rings is 1. The fraction of sp³-hybridized carbons (Fsp3) is 0.286. The van der Waals surface area contributed by atoms with Crippen LogP contribution in [0.15, 0.2) is 24.5 Å². The van der Waals surface area contributed by atoms with Gasteiger partial charge in [-0.1, -0.05) is 17.7 Å². The Labute approximate surface area is 131 Å². The van der Waals surface area contributed by atoms with Crippen molar-refractivity contribution in [2.45, 2.75) is 19.9 Å². The van der Waals surface area contributed by atoms with E-state index >= 15 is 0 Å². The molecule has 2 heterocycles. The Morgan fingerprint density at radius 3 is 3.14 bits per heavy atom. The van der Waals surface area contributed by atoms with Crippen molar-refractivity contribution in [1.29, 1.82) is 0 Å². The highest BCUT2D eigenvalue weighted by Crippen LogP contribution is 2.22. The molecule has 114 valence electrons. The van der Waals surface area contributed by atoms with Crippen LogP contribution < -0.4 is 10.6 Å². The van der Waals surface area contributed by atoms with Gasteiger partial charge in [-0.3, -0.25) is 14.9 Å². The van der Waals surface area contributed by atoms with Gasteiger partial charge < -0.3 is 5.32 Å². The van der Waals surface area contributed by atoms with Crippen molar-refractivity contribution in [1.82, 2.24) is 14.8 Å². The molecule has 0 unspecified atom stereocenters. The van der Waals surface area contributed by atoms with Crippen LogP contribution in [0.2, 0.25) is 5.02 Å². The first-order valence-electron chi connectivity index (χ1n) is 6.77. The van der Waals surface area contributed by atoms with Crippen LogP contribution in [0.3, 0.4) is 0 Å². The zero-order chi connectivity index (χ0) is 15.7. The lowest BCUT2D eigenvalue weighted by atomic mass is 10.0. The molecule has 3 rings (SSSR count). The Bertz CT molecular complexity index is 743. The number of anilines is 2. The third-order valence-electron chi connectivity index (χ3n) is 3.50. The monoisotopic (exact) mass is 319 g/mol. The Kier molecular flexibility index (Phi) is 3.81. The predicted octanol–water partition coefficient (Wildman–Crippen LogP) is 1.84.